The third-order valence-corrected chi connectivity index (χ3v) is 4.41. The van der Waals surface area contributed by atoms with Crippen molar-refractivity contribution in [2.24, 2.45) is 5.92 Å². The number of piperidine rings is 1. The fraction of sp³-hybridized carbons (Fsp3) is 0.688. The van der Waals surface area contributed by atoms with Crippen LogP contribution in [-0.2, 0) is 6.54 Å². The minimum Gasteiger partial charge on any atom is -0.368 e. The van der Waals surface area contributed by atoms with Crippen molar-refractivity contribution < 1.29 is 0 Å². The molecule has 2 aliphatic rings. The van der Waals surface area contributed by atoms with Gasteiger partial charge in [0.25, 0.3) is 0 Å². The number of pyridine rings is 1. The van der Waals surface area contributed by atoms with Crippen LogP contribution in [-0.4, -0.2) is 23.1 Å². The molecular weight excluding hydrogens is 234 g/mol. The van der Waals surface area contributed by atoms with E-state index < -0.39 is 0 Å². The predicted octanol–water partition coefficient (Wildman–Crippen LogP) is 2.96. The molecule has 1 aromatic heterocycles. The van der Waals surface area contributed by atoms with Crippen LogP contribution in [0.5, 0.6) is 0 Å². The average Bonchev–Trinajstić information content (AvgIpc) is 2.98. The molecule has 0 aromatic carbocycles. The standard InChI is InChI=1S/C16H25N3/c1-16(2,3)18-10-13-9-17-7-6-15(13)19-11-12-4-5-14(19)8-12/h6-7,9,12,14,18H,4-5,8,10-11H2,1-3H3. The van der Waals surface area contributed by atoms with Gasteiger partial charge in [0.1, 0.15) is 0 Å². The van der Waals surface area contributed by atoms with E-state index in [9.17, 15) is 0 Å². The maximum Gasteiger partial charge on any atom is 0.0445 e. The fourth-order valence-corrected chi connectivity index (χ4v) is 3.42. The van der Waals surface area contributed by atoms with Crippen molar-refractivity contribution in [3.05, 3.63) is 24.0 Å². The number of fused-ring (bicyclic) bond motifs is 2. The first kappa shape index (κ1) is 12.9. The molecule has 1 saturated carbocycles. The Balaban J connectivity index is 1.78. The van der Waals surface area contributed by atoms with E-state index in [1.807, 2.05) is 12.4 Å². The highest BCUT2D eigenvalue weighted by atomic mass is 15.2. The van der Waals surface area contributed by atoms with E-state index in [2.05, 4.69) is 42.0 Å². The van der Waals surface area contributed by atoms with Gasteiger partial charge < -0.3 is 10.2 Å². The molecule has 3 nitrogen and oxygen atoms in total. The Bertz CT molecular complexity index is 450. The fourth-order valence-electron chi connectivity index (χ4n) is 3.42. The van der Waals surface area contributed by atoms with Gasteiger partial charge in [0.05, 0.1) is 0 Å². The Labute approximate surface area is 116 Å². The number of aromatic nitrogens is 1. The Hall–Kier alpha value is -1.09. The average molecular weight is 259 g/mol. The van der Waals surface area contributed by atoms with E-state index >= 15 is 0 Å². The number of hydrogen-bond acceptors (Lipinski definition) is 3. The molecule has 2 bridgehead atoms. The minimum atomic E-state index is 0.150. The monoisotopic (exact) mass is 259 g/mol. The quantitative estimate of drug-likeness (QED) is 0.904. The number of rotatable bonds is 3. The summed E-state index contributed by atoms with van der Waals surface area (Å²) in [7, 11) is 0. The van der Waals surface area contributed by atoms with Crippen molar-refractivity contribution in [1.29, 1.82) is 0 Å². The molecule has 2 unspecified atom stereocenters. The van der Waals surface area contributed by atoms with Crippen LogP contribution in [0.4, 0.5) is 5.69 Å². The van der Waals surface area contributed by atoms with Crippen molar-refractivity contribution in [2.75, 3.05) is 11.4 Å². The number of hydrogen-bond donors (Lipinski definition) is 1. The lowest BCUT2D eigenvalue weighted by molar-refractivity contribution is 0.423. The van der Waals surface area contributed by atoms with Crippen molar-refractivity contribution in [3.63, 3.8) is 0 Å². The minimum absolute atomic E-state index is 0.150. The highest BCUT2D eigenvalue weighted by Gasteiger charge is 2.38. The zero-order chi connectivity index (χ0) is 13.5. The van der Waals surface area contributed by atoms with Crippen LogP contribution >= 0.6 is 0 Å². The van der Waals surface area contributed by atoms with Gasteiger partial charge in [-0.25, -0.2) is 0 Å². The predicted molar refractivity (Wildman–Crippen MR) is 79.3 cm³/mol. The van der Waals surface area contributed by atoms with Crippen LogP contribution in [0.25, 0.3) is 0 Å². The second-order valence-corrected chi connectivity index (χ2v) is 7.09. The molecule has 1 aliphatic carbocycles. The van der Waals surface area contributed by atoms with Gasteiger partial charge in [0.2, 0.25) is 0 Å². The molecule has 1 saturated heterocycles. The lowest BCUT2D eigenvalue weighted by Gasteiger charge is -2.31. The zero-order valence-corrected chi connectivity index (χ0v) is 12.3. The van der Waals surface area contributed by atoms with Crippen molar-refractivity contribution in [1.82, 2.24) is 10.3 Å². The summed E-state index contributed by atoms with van der Waals surface area (Å²) in [6, 6.07) is 2.97. The molecule has 104 valence electrons. The van der Waals surface area contributed by atoms with E-state index in [4.69, 9.17) is 0 Å². The molecule has 2 heterocycles. The number of nitrogens with zero attached hydrogens (tertiary/aromatic N) is 2. The molecule has 3 heteroatoms. The van der Waals surface area contributed by atoms with Gasteiger partial charge in [-0.05, 0) is 52.0 Å². The third kappa shape index (κ3) is 2.76. The van der Waals surface area contributed by atoms with Crippen LogP contribution in [0.2, 0.25) is 0 Å². The molecule has 0 amide bonds. The molecule has 2 fully saturated rings. The van der Waals surface area contributed by atoms with E-state index in [0.717, 1.165) is 18.5 Å². The summed E-state index contributed by atoms with van der Waals surface area (Å²) < 4.78 is 0. The van der Waals surface area contributed by atoms with Gasteiger partial charge >= 0.3 is 0 Å². The summed E-state index contributed by atoms with van der Waals surface area (Å²) in [6.45, 7) is 8.78. The van der Waals surface area contributed by atoms with Gasteiger partial charge in [0.15, 0.2) is 0 Å². The summed E-state index contributed by atoms with van der Waals surface area (Å²) in [5, 5.41) is 3.58. The first-order chi connectivity index (χ1) is 9.03. The summed E-state index contributed by atoms with van der Waals surface area (Å²) in [5.41, 5.74) is 2.89. The van der Waals surface area contributed by atoms with Gasteiger partial charge in [0, 0.05) is 48.3 Å². The molecule has 1 aliphatic heterocycles. The summed E-state index contributed by atoms with van der Waals surface area (Å²) in [6.07, 6.45) is 8.16. The van der Waals surface area contributed by atoms with E-state index in [1.54, 1.807) is 0 Å². The normalized spacial score (nSPS) is 26.2. The summed E-state index contributed by atoms with van der Waals surface area (Å²) in [4.78, 5) is 6.93. The van der Waals surface area contributed by atoms with E-state index in [1.165, 1.54) is 37.1 Å². The van der Waals surface area contributed by atoms with Crippen molar-refractivity contribution >= 4 is 5.69 Å². The Morgan fingerprint density at radius 3 is 2.84 bits per heavy atom. The van der Waals surface area contributed by atoms with Gasteiger partial charge in [-0.3, -0.25) is 4.98 Å². The topological polar surface area (TPSA) is 28.2 Å². The Morgan fingerprint density at radius 1 is 1.37 bits per heavy atom. The lowest BCUT2D eigenvalue weighted by Crippen LogP contribution is -2.37. The van der Waals surface area contributed by atoms with E-state index in [-0.39, 0.29) is 5.54 Å². The molecule has 1 N–H and O–H groups in total. The van der Waals surface area contributed by atoms with Crippen LogP contribution in [0.3, 0.4) is 0 Å². The molecule has 19 heavy (non-hydrogen) atoms. The maximum absolute atomic E-state index is 4.31. The molecular formula is C16H25N3. The highest BCUT2D eigenvalue weighted by Crippen LogP contribution is 2.41. The molecule has 2 atom stereocenters. The Morgan fingerprint density at radius 2 is 2.21 bits per heavy atom. The van der Waals surface area contributed by atoms with Crippen molar-refractivity contribution in [2.45, 2.75) is 58.2 Å². The second-order valence-electron chi connectivity index (χ2n) is 7.09. The molecule has 3 rings (SSSR count). The summed E-state index contributed by atoms with van der Waals surface area (Å²) in [5.74, 6) is 0.932. The first-order valence-electron chi connectivity index (χ1n) is 7.47. The van der Waals surface area contributed by atoms with Crippen LogP contribution in [0.15, 0.2) is 18.5 Å². The SMILES string of the molecule is CC(C)(C)NCc1cnccc1N1CC2CCC1C2. The highest BCUT2D eigenvalue weighted by molar-refractivity contribution is 5.54. The van der Waals surface area contributed by atoms with Gasteiger partial charge in [-0.1, -0.05) is 0 Å². The zero-order valence-electron chi connectivity index (χ0n) is 12.3. The van der Waals surface area contributed by atoms with Crippen LogP contribution < -0.4 is 10.2 Å². The lowest BCUT2D eigenvalue weighted by atomic mass is 10.1. The molecule has 1 aromatic rings. The van der Waals surface area contributed by atoms with Gasteiger partial charge in [-0.15, -0.1) is 0 Å². The van der Waals surface area contributed by atoms with Crippen molar-refractivity contribution in [3.8, 4) is 0 Å². The molecule has 0 radical (unpaired) electrons. The second kappa shape index (κ2) is 4.78. The van der Waals surface area contributed by atoms with Crippen LogP contribution in [0, 0.1) is 5.92 Å². The first-order valence-corrected chi connectivity index (χ1v) is 7.47. The number of anilines is 1. The number of nitrogens with one attached hydrogen (secondary N) is 1. The summed E-state index contributed by atoms with van der Waals surface area (Å²) >= 11 is 0. The van der Waals surface area contributed by atoms with E-state index in [0.29, 0.717) is 0 Å². The Kier molecular flexibility index (Phi) is 3.25. The third-order valence-electron chi connectivity index (χ3n) is 4.41. The van der Waals surface area contributed by atoms with Gasteiger partial charge in [-0.2, -0.15) is 0 Å². The smallest absolute Gasteiger partial charge is 0.0445 e. The maximum atomic E-state index is 4.31. The molecule has 0 spiro atoms. The largest absolute Gasteiger partial charge is 0.368 e. The van der Waals surface area contributed by atoms with Crippen LogP contribution in [0.1, 0.15) is 45.6 Å².